The highest BCUT2D eigenvalue weighted by Crippen LogP contribution is 2.20. The number of carbonyl (C=O) groups excluding carboxylic acids is 1. The van der Waals surface area contributed by atoms with Crippen molar-refractivity contribution in [2.45, 2.75) is 13.3 Å². The quantitative estimate of drug-likeness (QED) is 0.809. The van der Waals surface area contributed by atoms with Gasteiger partial charge in [-0.25, -0.2) is 4.39 Å². The molecule has 0 amide bonds. The summed E-state index contributed by atoms with van der Waals surface area (Å²) in [7, 11) is 0. The van der Waals surface area contributed by atoms with Crippen LogP contribution in [0.5, 0.6) is 0 Å². The lowest BCUT2D eigenvalue weighted by Crippen LogP contribution is -2.05. The number of aromatic nitrogens is 1. The Morgan fingerprint density at radius 3 is 2.78 bits per heavy atom. The average molecular weight is 308 g/mol. The van der Waals surface area contributed by atoms with Crippen LogP contribution in [0.1, 0.15) is 21.6 Å². The molecule has 0 saturated carbocycles. The monoisotopic (exact) mass is 307 g/mol. The van der Waals surface area contributed by atoms with Gasteiger partial charge in [0.05, 0.1) is 0 Å². The third-order valence-electron chi connectivity index (χ3n) is 2.58. The molecular formula is C14H11BrFNO. The van der Waals surface area contributed by atoms with Gasteiger partial charge in [0.15, 0.2) is 5.78 Å². The summed E-state index contributed by atoms with van der Waals surface area (Å²) in [5.41, 5.74) is 2.20. The molecule has 0 N–H and O–H groups in total. The van der Waals surface area contributed by atoms with Crippen LogP contribution in [0.15, 0.2) is 41.0 Å². The van der Waals surface area contributed by atoms with Crippen molar-refractivity contribution in [3.8, 4) is 0 Å². The zero-order valence-corrected chi connectivity index (χ0v) is 11.4. The van der Waals surface area contributed by atoms with E-state index in [-0.39, 0.29) is 18.0 Å². The molecule has 4 heteroatoms. The number of aryl methyl sites for hydroxylation is 1. The summed E-state index contributed by atoms with van der Waals surface area (Å²) in [4.78, 5) is 16.1. The Morgan fingerprint density at radius 2 is 2.11 bits per heavy atom. The predicted molar refractivity (Wildman–Crippen MR) is 71.1 cm³/mol. The van der Waals surface area contributed by atoms with Crippen LogP contribution in [-0.2, 0) is 6.42 Å². The number of halogens is 2. The van der Waals surface area contributed by atoms with Gasteiger partial charge in [0, 0.05) is 28.3 Å². The summed E-state index contributed by atoms with van der Waals surface area (Å²) in [6.45, 7) is 1.84. The zero-order valence-electron chi connectivity index (χ0n) is 9.78. The van der Waals surface area contributed by atoms with Gasteiger partial charge < -0.3 is 0 Å². The molecule has 0 aliphatic rings. The largest absolute Gasteiger partial charge is 0.294 e. The first-order valence-electron chi connectivity index (χ1n) is 5.46. The number of carbonyl (C=O) groups is 1. The van der Waals surface area contributed by atoms with Crippen molar-refractivity contribution < 1.29 is 9.18 Å². The van der Waals surface area contributed by atoms with Crippen molar-refractivity contribution in [3.63, 3.8) is 0 Å². The molecular weight excluding hydrogens is 297 g/mol. The van der Waals surface area contributed by atoms with Gasteiger partial charge in [0.1, 0.15) is 5.82 Å². The highest BCUT2D eigenvalue weighted by molar-refractivity contribution is 9.10. The van der Waals surface area contributed by atoms with E-state index < -0.39 is 0 Å². The first kappa shape index (κ1) is 12.9. The zero-order chi connectivity index (χ0) is 13.1. The summed E-state index contributed by atoms with van der Waals surface area (Å²) < 4.78 is 13.6. The van der Waals surface area contributed by atoms with E-state index in [4.69, 9.17) is 0 Å². The fourth-order valence-corrected chi connectivity index (χ4v) is 2.15. The predicted octanol–water partition coefficient (Wildman–Crippen LogP) is 3.72. The van der Waals surface area contributed by atoms with E-state index in [9.17, 15) is 9.18 Å². The van der Waals surface area contributed by atoms with E-state index in [1.165, 1.54) is 12.1 Å². The molecule has 1 aromatic heterocycles. The van der Waals surface area contributed by atoms with Crippen LogP contribution in [0.25, 0.3) is 0 Å². The number of rotatable bonds is 3. The average Bonchev–Trinajstić information content (AvgIpc) is 2.32. The van der Waals surface area contributed by atoms with E-state index in [1.54, 1.807) is 24.4 Å². The van der Waals surface area contributed by atoms with Gasteiger partial charge >= 0.3 is 0 Å². The molecule has 0 fully saturated rings. The topological polar surface area (TPSA) is 30.0 Å². The fraction of sp³-hybridized carbons (Fsp3) is 0.143. The minimum Gasteiger partial charge on any atom is -0.294 e. The van der Waals surface area contributed by atoms with Crippen molar-refractivity contribution in [1.82, 2.24) is 4.98 Å². The maximum absolute atomic E-state index is 12.9. The van der Waals surface area contributed by atoms with Crippen molar-refractivity contribution in [2.24, 2.45) is 0 Å². The molecule has 0 spiro atoms. The summed E-state index contributed by atoms with van der Waals surface area (Å²) in [6, 6.07) is 7.77. The van der Waals surface area contributed by atoms with Crippen LogP contribution in [0.2, 0.25) is 0 Å². The Balaban J connectivity index is 2.21. The highest BCUT2D eigenvalue weighted by Gasteiger charge is 2.10. The maximum Gasteiger partial charge on any atom is 0.167 e. The molecule has 1 aromatic carbocycles. The lowest BCUT2D eigenvalue weighted by atomic mass is 10.0. The number of hydrogen-bond donors (Lipinski definition) is 0. The number of benzene rings is 1. The third-order valence-corrected chi connectivity index (χ3v) is 3.32. The number of pyridine rings is 1. The fourth-order valence-electron chi connectivity index (χ4n) is 1.66. The molecule has 0 unspecified atom stereocenters. The first-order chi connectivity index (χ1) is 8.56. The smallest absolute Gasteiger partial charge is 0.167 e. The van der Waals surface area contributed by atoms with Gasteiger partial charge in [0.25, 0.3) is 0 Å². The summed E-state index contributed by atoms with van der Waals surface area (Å²) in [6.07, 6.45) is 1.85. The van der Waals surface area contributed by atoms with Crippen LogP contribution in [0.4, 0.5) is 4.39 Å². The van der Waals surface area contributed by atoms with Gasteiger partial charge in [-0.15, -0.1) is 0 Å². The highest BCUT2D eigenvalue weighted by atomic mass is 79.9. The van der Waals surface area contributed by atoms with Crippen LogP contribution in [0, 0.1) is 12.7 Å². The summed E-state index contributed by atoms with van der Waals surface area (Å²) in [5.74, 6) is -0.328. The SMILES string of the molecule is Cc1cc(C(=O)Cc2ccc(F)cc2Br)ccn1. The summed E-state index contributed by atoms with van der Waals surface area (Å²) in [5, 5.41) is 0. The minimum atomic E-state index is -0.321. The second-order valence-electron chi connectivity index (χ2n) is 4.02. The number of nitrogens with zero attached hydrogens (tertiary/aromatic N) is 1. The molecule has 0 aliphatic heterocycles. The number of ketones is 1. The van der Waals surface area contributed by atoms with Crippen LogP contribution >= 0.6 is 15.9 Å². The lowest BCUT2D eigenvalue weighted by molar-refractivity contribution is 0.0992. The minimum absolute atomic E-state index is 0.00666. The number of hydrogen-bond acceptors (Lipinski definition) is 2. The summed E-state index contributed by atoms with van der Waals surface area (Å²) >= 11 is 3.26. The van der Waals surface area contributed by atoms with E-state index in [0.29, 0.717) is 10.0 Å². The molecule has 2 nitrogen and oxygen atoms in total. The molecule has 0 saturated heterocycles. The standard InChI is InChI=1S/C14H11BrFNO/c1-9-6-11(4-5-17-9)14(18)7-10-2-3-12(16)8-13(10)15/h2-6,8H,7H2,1H3. The van der Waals surface area contributed by atoms with E-state index in [0.717, 1.165) is 11.3 Å². The van der Waals surface area contributed by atoms with Crippen molar-refractivity contribution >= 4 is 21.7 Å². The van der Waals surface area contributed by atoms with Crippen LogP contribution < -0.4 is 0 Å². The lowest BCUT2D eigenvalue weighted by Gasteiger charge is -2.04. The van der Waals surface area contributed by atoms with Crippen LogP contribution in [0.3, 0.4) is 0 Å². The molecule has 0 bridgehead atoms. The van der Waals surface area contributed by atoms with E-state index in [1.807, 2.05) is 6.92 Å². The van der Waals surface area contributed by atoms with Gasteiger partial charge in [-0.2, -0.15) is 0 Å². The van der Waals surface area contributed by atoms with Gasteiger partial charge in [0.2, 0.25) is 0 Å². The Kier molecular flexibility index (Phi) is 3.87. The molecule has 1 heterocycles. The van der Waals surface area contributed by atoms with Crippen molar-refractivity contribution in [2.75, 3.05) is 0 Å². The normalized spacial score (nSPS) is 10.4. The maximum atomic E-state index is 12.9. The first-order valence-corrected chi connectivity index (χ1v) is 6.25. The number of Topliss-reactive ketones (excluding diaryl/α,β-unsaturated/α-hetero) is 1. The Labute approximate surface area is 113 Å². The molecule has 2 aromatic rings. The molecule has 92 valence electrons. The second kappa shape index (κ2) is 5.40. The Morgan fingerprint density at radius 1 is 1.33 bits per heavy atom. The second-order valence-corrected chi connectivity index (χ2v) is 4.88. The Bertz CT molecular complexity index is 598. The molecule has 18 heavy (non-hydrogen) atoms. The van der Waals surface area contributed by atoms with Crippen LogP contribution in [-0.4, -0.2) is 10.8 Å². The molecule has 0 radical (unpaired) electrons. The van der Waals surface area contributed by atoms with Gasteiger partial charge in [-0.1, -0.05) is 22.0 Å². The van der Waals surface area contributed by atoms with E-state index >= 15 is 0 Å². The third kappa shape index (κ3) is 3.01. The molecule has 0 aliphatic carbocycles. The van der Waals surface area contributed by atoms with Crippen molar-refractivity contribution in [1.29, 1.82) is 0 Å². The van der Waals surface area contributed by atoms with Crippen molar-refractivity contribution in [3.05, 3.63) is 63.6 Å². The van der Waals surface area contributed by atoms with E-state index in [2.05, 4.69) is 20.9 Å². The van der Waals surface area contributed by atoms with Gasteiger partial charge in [-0.05, 0) is 36.8 Å². The Hall–Kier alpha value is -1.55. The van der Waals surface area contributed by atoms with Gasteiger partial charge in [-0.3, -0.25) is 9.78 Å². The molecule has 0 atom stereocenters. The molecule has 2 rings (SSSR count).